The number of aryl methyl sites for hydroxylation is 1. The summed E-state index contributed by atoms with van der Waals surface area (Å²) in [5.74, 6) is 0.324. The minimum absolute atomic E-state index is 0.0446. The first kappa shape index (κ1) is 33.1. The van der Waals surface area contributed by atoms with Gasteiger partial charge in [-0.15, -0.1) is 0 Å². The lowest BCUT2D eigenvalue weighted by Gasteiger charge is -2.33. The first-order chi connectivity index (χ1) is 27.5. The summed E-state index contributed by atoms with van der Waals surface area (Å²) in [5, 5.41) is 0. The van der Waals surface area contributed by atoms with Crippen LogP contribution in [-0.4, -0.2) is 0 Å². The van der Waals surface area contributed by atoms with Crippen LogP contribution in [0.4, 0.5) is 0 Å². The normalized spacial score (nSPS) is 15.0. The molecule has 268 valence electrons. The Morgan fingerprint density at radius 1 is 0.393 bits per heavy atom. The second-order valence-electron chi connectivity index (χ2n) is 16.7. The Bertz CT molecular complexity index is 2750. The molecule has 1 atom stereocenters. The molecule has 0 radical (unpaired) electrons. The Balaban J connectivity index is 1.05. The molecule has 8 aromatic rings. The third-order valence-electron chi connectivity index (χ3n) is 13.5. The maximum atomic E-state index is 2.57. The van der Waals surface area contributed by atoms with Crippen molar-refractivity contribution in [1.82, 2.24) is 0 Å². The van der Waals surface area contributed by atoms with Crippen LogP contribution >= 0.6 is 0 Å². The largest absolute Gasteiger partial charge is 0.0728 e. The first-order valence-electron chi connectivity index (χ1n) is 20.3. The van der Waals surface area contributed by atoms with Gasteiger partial charge < -0.3 is 0 Å². The lowest BCUT2D eigenvalue weighted by atomic mass is 9.68. The van der Waals surface area contributed by atoms with Gasteiger partial charge in [-0.05, 0) is 120 Å². The molecule has 0 N–H and O–H groups in total. The number of fused-ring (bicyclic) bond motifs is 9. The zero-order valence-electron chi connectivity index (χ0n) is 32.1. The minimum Gasteiger partial charge on any atom is -0.0622 e. The molecule has 0 nitrogen and oxygen atoms in total. The maximum absolute atomic E-state index is 2.57. The molecule has 0 saturated carbocycles. The van der Waals surface area contributed by atoms with Crippen LogP contribution in [0.1, 0.15) is 76.3 Å². The summed E-state index contributed by atoms with van der Waals surface area (Å²) < 4.78 is 0. The predicted molar refractivity (Wildman–Crippen MR) is 233 cm³/mol. The maximum Gasteiger partial charge on any atom is 0.0728 e. The molecule has 56 heavy (non-hydrogen) atoms. The highest BCUT2D eigenvalue weighted by Crippen LogP contribution is 2.64. The van der Waals surface area contributed by atoms with Gasteiger partial charge >= 0.3 is 0 Å². The van der Waals surface area contributed by atoms with Crippen molar-refractivity contribution < 1.29 is 0 Å². The van der Waals surface area contributed by atoms with Crippen LogP contribution in [-0.2, 0) is 23.7 Å². The van der Waals surface area contributed by atoms with Gasteiger partial charge in [0.05, 0.1) is 5.41 Å². The van der Waals surface area contributed by atoms with E-state index >= 15 is 0 Å². The summed E-state index contributed by atoms with van der Waals surface area (Å²) in [7, 11) is 0. The lowest BCUT2D eigenvalue weighted by Crippen LogP contribution is -2.27. The third kappa shape index (κ3) is 4.72. The molecule has 0 saturated heterocycles. The van der Waals surface area contributed by atoms with Gasteiger partial charge in [0.2, 0.25) is 0 Å². The van der Waals surface area contributed by atoms with E-state index in [1.54, 1.807) is 0 Å². The molecule has 0 fully saturated rings. The fourth-order valence-corrected chi connectivity index (χ4v) is 11.0. The van der Waals surface area contributed by atoms with E-state index in [0.717, 1.165) is 19.3 Å². The molecule has 0 aromatic heterocycles. The topological polar surface area (TPSA) is 0 Å². The summed E-state index contributed by atoms with van der Waals surface area (Å²) in [5.41, 5.74) is 23.4. The molecular formula is C56H44. The van der Waals surface area contributed by atoms with Crippen molar-refractivity contribution in [1.29, 1.82) is 0 Å². The monoisotopic (exact) mass is 716 g/mol. The second-order valence-corrected chi connectivity index (χ2v) is 16.7. The van der Waals surface area contributed by atoms with Crippen molar-refractivity contribution in [3.05, 3.63) is 238 Å². The van der Waals surface area contributed by atoms with Crippen molar-refractivity contribution in [3.63, 3.8) is 0 Å². The van der Waals surface area contributed by atoms with Crippen LogP contribution in [0, 0.1) is 0 Å². The summed E-state index contributed by atoms with van der Waals surface area (Å²) >= 11 is 0. The zero-order valence-corrected chi connectivity index (χ0v) is 32.1. The van der Waals surface area contributed by atoms with Gasteiger partial charge in [0, 0.05) is 5.41 Å². The summed E-state index contributed by atoms with van der Waals surface area (Å²) in [6.07, 6.45) is 3.00. The second kappa shape index (κ2) is 12.7. The third-order valence-corrected chi connectivity index (χ3v) is 13.5. The number of hydrogen-bond donors (Lipinski definition) is 0. The highest BCUT2D eigenvalue weighted by atomic mass is 14.5. The molecule has 0 heterocycles. The van der Waals surface area contributed by atoms with Gasteiger partial charge in [-0.3, -0.25) is 0 Å². The number of hydrogen-bond acceptors (Lipinski definition) is 0. The van der Waals surface area contributed by atoms with Gasteiger partial charge in [-0.1, -0.05) is 202 Å². The molecule has 1 unspecified atom stereocenters. The highest BCUT2D eigenvalue weighted by Gasteiger charge is 2.52. The van der Waals surface area contributed by atoms with E-state index in [0.29, 0.717) is 5.92 Å². The highest BCUT2D eigenvalue weighted by molar-refractivity contribution is 5.99. The first-order valence-corrected chi connectivity index (χ1v) is 20.3. The zero-order chi connectivity index (χ0) is 37.4. The van der Waals surface area contributed by atoms with E-state index in [9.17, 15) is 0 Å². The molecule has 0 heteroatoms. The average Bonchev–Trinajstić information content (AvgIpc) is 3.82. The standard InChI is InChI=1S/C56H44/c1-55(2)50-28-13-9-22-43(50)46-34-33-40(36-53(46)55)39(35-41-20-6-8-21-42(41)37-17-4-3-5-18-37)32-31-38-19-7-12-27-49(38)56-51-29-14-10-23-44(51)47-25-16-26-48(54(47)56)45-24-11-15-30-52(45)56/h3-30,33-34,36,39H,31-32,35H2,1-2H3. The van der Waals surface area contributed by atoms with Crippen LogP contribution < -0.4 is 0 Å². The smallest absolute Gasteiger partial charge is 0.0622 e. The molecule has 0 aliphatic heterocycles. The fraction of sp³-hybridized carbons (Fsp3) is 0.143. The van der Waals surface area contributed by atoms with Crippen LogP contribution in [0.15, 0.2) is 188 Å². The molecule has 3 aliphatic rings. The molecule has 0 amide bonds. The fourth-order valence-electron chi connectivity index (χ4n) is 11.0. The van der Waals surface area contributed by atoms with Crippen LogP contribution in [0.25, 0.3) is 44.5 Å². The van der Waals surface area contributed by atoms with Gasteiger partial charge in [-0.2, -0.15) is 0 Å². The SMILES string of the molecule is CC1(C)c2ccccc2-c2ccc(C(CCc3ccccc3C34c5ccccc5-c5cccc(c53)-c3ccccc34)Cc3ccccc3-c3ccccc3)cc21. The van der Waals surface area contributed by atoms with E-state index in [4.69, 9.17) is 0 Å². The molecule has 3 aliphatic carbocycles. The van der Waals surface area contributed by atoms with Crippen molar-refractivity contribution in [3.8, 4) is 44.5 Å². The van der Waals surface area contributed by atoms with Crippen molar-refractivity contribution in [2.24, 2.45) is 0 Å². The lowest BCUT2D eigenvalue weighted by molar-refractivity contribution is 0.610. The number of benzene rings is 8. The van der Waals surface area contributed by atoms with Gasteiger partial charge in [-0.25, -0.2) is 0 Å². The Kier molecular flexibility index (Phi) is 7.48. The number of rotatable bonds is 8. The van der Waals surface area contributed by atoms with Gasteiger partial charge in [0.25, 0.3) is 0 Å². The van der Waals surface area contributed by atoms with Crippen molar-refractivity contribution in [2.45, 2.75) is 49.9 Å². The van der Waals surface area contributed by atoms with Crippen LogP contribution in [0.2, 0.25) is 0 Å². The van der Waals surface area contributed by atoms with Crippen LogP contribution in [0.5, 0.6) is 0 Å². The van der Waals surface area contributed by atoms with Crippen molar-refractivity contribution in [2.75, 3.05) is 0 Å². The van der Waals surface area contributed by atoms with Gasteiger partial charge in [0.1, 0.15) is 0 Å². The van der Waals surface area contributed by atoms with E-state index in [1.165, 1.54) is 94.6 Å². The summed E-state index contributed by atoms with van der Waals surface area (Å²) in [6.45, 7) is 4.81. The van der Waals surface area contributed by atoms with E-state index in [2.05, 4.69) is 202 Å². The molecule has 11 rings (SSSR count). The van der Waals surface area contributed by atoms with Gasteiger partial charge in [0.15, 0.2) is 0 Å². The Morgan fingerprint density at radius 2 is 0.893 bits per heavy atom. The Labute approximate surface area is 331 Å². The Morgan fingerprint density at radius 3 is 1.57 bits per heavy atom. The quantitative estimate of drug-likeness (QED) is 0.147. The minimum atomic E-state index is -0.339. The average molecular weight is 717 g/mol. The molecular weight excluding hydrogens is 673 g/mol. The summed E-state index contributed by atoms with van der Waals surface area (Å²) in [4.78, 5) is 0. The van der Waals surface area contributed by atoms with E-state index in [-0.39, 0.29) is 10.8 Å². The summed E-state index contributed by atoms with van der Waals surface area (Å²) in [6, 6.07) is 71.2. The van der Waals surface area contributed by atoms with E-state index in [1.807, 2.05) is 0 Å². The molecule has 0 bridgehead atoms. The van der Waals surface area contributed by atoms with Crippen molar-refractivity contribution >= 4 is 0 Å². The van der Waals surface area contributed by atoms with E-state index < -0.39 is 0 Å². The molecule has 8 aromatic carbocycles. The Hall–Kier alpha value is -6.24. The van der Waals surface area contributed by atoms with Crippen LogP contribution in [0.3, 0.4) is 0 Å². The molecule has 0 spiro atoms. The predicted octanol–water partition coefficient (Wildman–Crippen LogP) is 14.0.